The molecule has 0 aliphatic carbocycles. The summed E-state index contributed by atoms with van der Waals surface area (Å²) in [7, 11) is 0. The normalized spacial score (nSPS) is 10.9. The van der Waals surface area contributed by atoms with Crippen LogP contribution in [0.2, 0.25) is 0 Å². The van der Waals surface area contributed by atoms with Crippen LogP contribution in [0.5, 0.6) is 5.75 Å². The molecule has 0 aromatic carbocycles. The molecule has 0 fully saturated rings. The van der Waals surface area contributed by atoms with Gasteiger partial charge < -0.3 is 15.0 Å². The predicted molar refractivity (Wildman–Crippen MR) is 75.1 cm³/mol. The van der Waals surface area contributed by atoms with Crippen LogP contribution in [-0.4, -0.2) is 49.2 Å². The van der Waals surface area contributed by atoms with Crippen LogP contribution in [0.4, 0.5) is 0 Å². The van der Waals surface area contributed by atoms with Gasteiger partial charge >= 0.3 is 0 Å². The minimum Gasteiger partial charge on any atom is -0.491 e. The highest BCUT2D eigenvalue weighted by Crippen LogP contribution is 2.07. The van der Waals surface area contributed by atoms with E-state index in [9.17, 15) is 0 Å². The summed E-state index contributed by atoms with van der Waals surface area (Å²) in [6.07, 6.45) is 1.77. The zero-order chi connectivity index (χ0) is 13.2. The smallest absolute Gasteiger partial charge is 0.137 e. The molecule has 0 atom stereocenters. The van der Waals surface area contributed by atoms with Crippen LogP contribution in [0.3, 0.4) is 0 Å². The molecule has 0 unspecified atom stereocenters. The Kier molecular flexibility index (Phi) is 7.37. The molecule has 0 saturated carbocycles. The Morgan fingerprint density at radius 3 is 2.61 bits per heavy atom. The van der Waals surface area contributed by atoms with Crippen molar-refractivity contribution in [2.24, 2.45) is 0 Å². The van der Waals surface area contributed by atoms with Crippen LogP contribution >= 0.6 is 0 Å². The van der Waals surface area contributed by atoms with Crippen molar-refractivity contribution in [3.8, 4) is 5.75 Å². The van der Waals surface area contributed by atoms with Gasteiger partial charge in [-0.05, 0) is 32.1 Å². The molecule has 0 radical (unpaired) electrons. The van der Waals surface area contributed by atoms with Gasteiger partial charge in [-0.1, -0.05) is 13.8 Å². The third-order valence-corrected chi connectivity index (χ3v) is 2.93. The highest BCUT2D eigenvalue weighted by Gasteiger charge is 1.97. The van der Waals surface area contributed by atoms with Gasteiger partial charge in [-0.3, -0.25) is 4.98 Å². The van der Waals surface area contributed by atoms with E-state index in [-0.39, 0.29) is 0 Å². The molecule has 1 rings (SSSR count). The van der Waals surface area contributed by atoms with Gasteiger partial charge in [-0.15, -0.1) is 0 Å². The van der Waals surface area contributed by atoms with Gasteiger partial charge in [0.15, 0.2) is 0 Å². The highest BCUT2D eigenvalue weighted by atomic mass is 16.5. The molecular formula is C14H25N3O. The molecule has 0 spiro atoms. The van der Waals surface area contributed by atoms with Crippen LogP contribution in [0.25, 0.3) is 0 Å². The second-order valence-corrected chi connectivity index (χ2v) is 4.26. The van der Waals surface area contributed by atoms with Crippen molar-refractivity contribution in [3.05, 3.63) is 24.0 Å². The van der Waals surface area contributed by atoms with E-state index >= 15 is 0 Å². The Morgan fingerprint density at radius 2 is 2.00 bits per heavy atom. The van der Waals surface area contributed by atoms with Crippen molar-refractivity contribution >= 4 is 0 Å². The average Bonchev–Trinajstić information content (AvgIpc) is 2.40. The molecule has 1 heterocycles. The molecule has 1 aromatic rings. The molecule has 0 aliphatic heterocycles. The molecule has 0 amide bonds. The fourth-order valence-electron chi connectivity index (χ4n) is 1.68. The highest BCUT2D eigenvalue weighted by molar-refractivity contribution is 5.18. The number of nitrogens with zero attached hydrogens (tertiary/aromatic N) is 2. The van der Waals surface area contributed by atoms with Crippen LogP contribution in [-0.2, 0) is 0 Å². The molecule has 18 heavy (non-hydrogen) atoms. The lowest BCUT2D eigenvalue weighted by Gasteiger charge is -2.18. The van der Waals surface area contributed by atoms with E-state index in [0.29, 0.717) is 6.61 Å². The molecule has 1 aromatic heterocycles. The van der Waals surface area contributed by atoms with Gasteiger partial charge in [0.2, 0.25) is 0 Å². The molecule has 0 saturated heterocycles. The number of ether oxygens (including phenoxy) is 1. The first-order valence-corrected chi connectivity index (χ1v) is 6.74. The number of hydrogen-bond donors (Lipinski definition) is 1. The summed E-state index contributed by atoms with van der Waals surface area (Å²) >= 11 is 0. The summed E-state index contributed by atoms with van der Waals surface area (Å²) in [4.78, 5) is 6.59. The van der Waals surface area contributed by atoms with Crippen molar-refractivity contribution < 1.29 is 4.74 Å². The van der Waals surface area contributed by atoms with Crippen LogP contribution in [0, 0.1) is 6.92 Å². The molecule has 0 aliphatic rings. The maximum atomic E-state index is 5.58. The van der Waals surface area contributed by atoms with E-state index in [2.05, 4.69) is 29.0 Å². The third-order valence-electron chi connectivity index (χ3n) is 2.93. The predicted octanol–water partition coefficient (Wildman–Crippen LogP) is 1.70. The molecule has 4 heteroatoms. The maximum Gasteiger partial charge on any atom is 0.137 e. The summed E-state index contributed by atoms with van der Waals surface area (Å²) in [5.74, 6) is 0.839. The summed E-state index contributed by atoms with van der Waals surface area (Å²) in [5, 5.41) is 3.38. The van der Waals surface area contributed by atoms with Gasteiger partial charge in [-0.2, -0.15) is 0 Å². The Bertz CT molecular complexity index is 309. The number of aromatic nitrogens is 1. The van der Waals surface area contributed by atoms with E-state index in [1.54, 1.807) is 6.20 Å². The Hall–Kier alpha value is -1.13. The van der Waals surface area contributed by atoms with Crippen molar-refractivity contribution in [1.82, 2.24) is 15.2 Å². The van der Waals surface area contributed by atoms with Crippen LogP contribution in [0.15, 0.2) is 18.3 Å². The summed E-state index contributed by atoms with van der Waals surface area (Å²) < 4.78 is 5.58. The van der Waals surface area contributed by atoms with Gasteiger partial charge in [0, 0.05) is 25.3 Å². The number of likely N-dealkylation sites (N-methyl/N-ethyl adjacent to an activating group) is 1. The lowest BCUT2D eigenvalue weighted by molar-refractivity contribution is 0.285. The Balaban J connectivity index is 2.03. The van der Waals surface area contributed by atoms with E-state index in [1.165, 1.54) is 0 Å². The summed E-state index contributed by atoms with van der Waals surface area (Å²) in [6.45, 7) is 12.2. The standard InChI is InChI=1S/C14H25N3O/c1-4-17(5-2)10-8-15-9-11-18-14-7-6-13(3)16-12-14/h6-7,12,15H,4-5,8-11H2,1-3H3. The minimum atomic E-state index is 0.684. The second-order valence-electron chi connectivity index (χ2n) is 4.26. The number of nitrogens with one attached hydrogen (secondary N) is 1. The second kappa shape index (κ2) is 8.89. The quantitative estimate of drug-likeness (QED) is 0.678. The molecule has 4 nitrogen and oxygen atoms in total. The van der Waals surface area contributed by atoms with Crippen molar-refractivity contribution in [2.75, 3.05) is 39.3 Å². The molecule has 102 valence electrons. The van der Waals surface area contributed by atoms with Crippen LogP contribution in [0.1, 0.15) is 19.5 Å². The number of rotatable bonds is 9. The van der Waals surface area contributed by atoms with E-state index < -0.39 is 0 Å². The molecule has 1 N–H and O–H groups in total. The zero-order valence-electron chi connectivity index (χ0n) is 11.8. The molecule has 0 bridgehead atoms. The average molecular weight is 251 g/mol. The number of pyridine rings is 1. The van der Waals surface area contributed by atoms with E-state index in [0.717, 1.165) is 44.2 Å². The number of aryl methyl sites for hydroxylation is 1. The Labute approximate surface area is 110 Å². The fraction of sp³-hybridized carbons (Fsp3) is 0.643. The zero-order valence-corrected chi connectivity index (χ0v) is 11.8. The fourth-order valence-corrected chi connectivity index (χ4v) is 1.68. The SMILES string of the molecule is CCN(CC)CCNCCOc1ccc(C)nc1. The van der Waals surface area contributed by atoms with Gasteiger partial charge in [0.05, 0.1) is 6.20 Å². The lowest BCUT2D eigenvalue weighted by atomic mass is 10.4. The largest absolute Gasteiger partial charge is 0.491 e. The van der Waals surface area contributed by atoms with E-state index in [4.69, 9.17) is 4.74 Å². The first-order chi connectivity index (χ1) is 8.76. The number of hydrogen-bond acceptors (Lipinski definition) is 4. The van der Waals surface area contributed by atoms with Gasteiger partial charge in [-0.25, -0.2) is 0 Å². The van der Waals surface area contributed by atoms with Crippen LogP contribution < -0.4 is 10.1 Å². The minimum absolute atomic E-state index is 0.684. The van der Waals surface area contributed by atoms with Gasteiger partial charge in [0.25, 0.3) is 0 Å². The van der Waals surface area contributed by atoms with Crippen molar-refractivity contribution in [3.63, 3.8) is 0 Å². The van der Waals surface area contributed by atoms with Crippen molar-refractivity contribution in [2.45, 2.75) is 20.8 Å². The van der Waals surface area contributed by atoms with Gasteiger partial charge in [0.1, 0.15) is 12.4 Å². The Morgan fingerprint density at radius 1 is 1.22 bits per heavy atom. The van der Waals surface area contributed by atoms with E-state index in [1.807, 2.05) is 19.1 Å². The maximum absolute atomic E-state index is 5.58. The lowest BCUT2D eigenvalue weighted by Crippen LogP contribution is -2.33. The first-order valence-electron chi connectivity index (χ1n) is 6.74. The summed E-state index contributed by atoms with van der Waals surface area (Å²) in [6, 6.07) is 3.92. The summed E-state index contributed by atoms with van der Waals surface area (Å²) in [5.41, 5.74) is 1.01. The molecular weight excluding hydrogens is 226 g/mol. The van der Waals surface area contributed by atoms with Crippen molar-refractivity contribution in [1.29, 1.82) is 0 Å². The monoisotopic (exact) mass is 251 g/mol. The topological polar surface area (TPSA) is 37.4 Å². The third kappa shape index (κ3) is 5.98. The first kappa shape index (κ1) is 14.9.